The number of nitrogens with zero attached hydrogens (tertiary/aromatic N) is 1. The number of rotatable bonds is 0. The van der Waals surface area contributed by atoms with E-state index in [4.69, 9.17) is 5.21 Å². The second-order valence-corrected chi connectivity index (χ2v) is 1.37. The zero-order valence-electron chi connectivity index (χ0n) is 4.80. The van der Waals surface area contributed by atoms with Crippen molar-refractivity contribution in [1.29, 1.82) is 0 Å². The topological polar surface area (TPSA) is 61.7 Å². The standard InChI is InChI=1S/C4H8N2O2/c1-3(6-8)5-4(2)7/h8H,1-2H3,(H,5,6,7). The molecule has 2 N–H and O–H groups in total. The molecule has 46 valence electrons. The van der Waals surface area contributed by atoms with Crippen molar-refractivity contribution < 1.29 is 10.0 Å². The first-order valence-electron chi connectivity index (χ1n) is 2.13. The van der Waals surface area contributed by atoms with E-state index in [1.54, 1.807) is 0 Å². The molecule has 0 aliphatic heterocycles. The van der Waals surface area contributed by atoms with E-state index < -0.39 is 0 Å². The highest BCUT2D eigenvalue weighted by Gasteiger charge is 1.90. The third kappa shape index (κ3) is 3.14. The van der Waals surface area contributed by atoms with Crippen LogP contribution in [0, 0.1) is 0 Å². The number of hydrogen-bond acceptors (Lipinski definition) is 3. The van der Waals surface area contributed by atoms with Crippen LogP contribution in [0.1, 0.15) is 13.8 Å². The number of nitrogens with one attached hydrogen (secondary N) is 1. The van der Waals surface area contributed by atoms with Crippen molar-refractivity contribution in [2.45, 2.75) is 13.8 Å². The number of carbonyl (C=O) groups excluding carboxylic acids is 1. The minimum atomic E-state index is -0.236. The quantitative estimate of drug-likeness (QED) is 0.201. The average molecular weight is 116 g/mol. The van der Waals surface area contributed by atoms with Gasteiger partial charge in [-0.15, -0.1) is 0 Å². The van der Waals surface area contributed by atoms with Gasteiger partial charge in [-0.3, -0.25) is 4.79 Å². The van der Waals surface area contributed by atoms with Gasteiger partial charge in [0.05, 0.1) is 0 Å². The summed E-state index contributed by atoms with van der Waals surface area (Å²) in [5.41, 5.74) is 0. The lowest BCUT2D eigenvalue weighted by molar-refractivity contribution is -0.117. The van der Waals surface area contributed by atoms with E-state index in [0.717, 1.165) is 0 Å². The molecule has 0 aliphatic rings. The number of carbonyl (C=O) groups is 1. The average Bonchev–Trinajstić information content (AvgIpc) is 1.65. The predicted molar refractivity (Wildman–Crippen MR) is 28.7 cm³/mol. The molecule has 0 radical (unpaired) electrons. The highest BCUT2D eigenvalue weighted by Crippen LogP contribution is 1.66. The number of amidine groups is 1. The van der Waals surface area contributed by atoms with E-state index in [1.807, 2.05) is 0 Å². The molecular weight excluding hydrogens is 108 g/mol. The first kappa shape index (κ1) is 6.94. The second-order valence-electron chi connectivity index (χ2n) is 1.37. The van der Waals surface area contributed by atoms with Crippen LogP contribution in [0.25, 0.3) is 0 Å². The van der Waals surface area contributed by atoms with Gasteiger partial charge in [-0.2, -0.15) is 0 Å². The highest BCUT2D eigenvalue weighted by molar-refractivity contribution is 5.95. The Hall–Kier alpha value is -1.06. The molecule has 4 nitrogen and oxygen atoms in total. The Kier molecular flexibility index (Phi) is 2.61. The SMILES string of the molecule is CC(=O)N/C(C)=N/O. The van der Waals surface area contributed by atoms with Gasteiger partial charge in [0.15, 0.2) is 0 Å². The summed E-state index contributed by atoms with van der Waals surface area (Å²) < 4.78 is 0. The van der Waals surface area contributed by atoms with E-state index in [0.29, 0.717) is 0 Å². The van der Waals surface area contributed by atoms with Crippen LogP contribution in [-0.4, -0.2) is 17.0 Å². The van der Waals surface area contributed by atoms with Crippen LogP contribution in [0.3, 0.4) is 0 Å². The molecular formula is C4H8N2O2. The van der Waals surface area contributed by atoms with Crippen LogP contribution in [-0.2, 0) is 4.79 Å². The van der Waals surface area contributed by atoms with Crippen molar-refractivity contribution >= 4 is 11.7 Å². The van der Waals surface area contributed by atoms with Gasteiger partial charge in [-0.05, 0) is 6.92 Å². The fraction of sp³-hybridized carbons (Fsp3) is 0.500. The third-order valence-corrected chi connectivity index (χ3v) is 0.507. The van der Waals surface area contributed by atoms with Gasteiger partial charge in [-0.25, -0.2) is 0 Å². The minimum Gasteiger partial charge on any atom is -0.409 e. The normalized spacial score (nSPS) is 11.0. The molecule has 0 unspecified atom stereocenters. The maximum absolute atomic E-state index is 10.1. The fourth-order valence-corrected chi connectivity index (χ4v) is 0.280. The first-order chi connectivity index (χ1) is 3.66. The van der Waals surface area contributed by atoms with Gasteiger partial charge < -0.3 is 10.5 Å². The van der Waals surface area contributed by atoms with E-state index in [1.165, 1.54) is 13.8 Å². The van der Waals surface area contributed by atoms with Crippen LogP contribution in [0.5, 0.6) is 0 Å². The summed E-state index contributed by atoms with van der Waals surface area (Å²) in [6, 6.07) is 0. The Morgan fingerprint density at radius 1 is 1.62 bits per heavy atom. The summed E-state index contributed by atoms with van der Waals surface area (Å²) >= 11 is 0. The van der Waals surface area contributed by atoms with Crippen molar-refractivity contribution in [3.05, 3.63) is 0 Å². The van der Waals surface area contributed by atoms with Crippen molar-refractivity contribution in [2.24, 2.45) is 5.16 Å². The molecule has 0 atom stereocenters. The molecule has 0 aliphatic carbocycles. The Balaban J connectivity index is 3.56. The minimum absolute atomic E-state index is 0.206. The van der Waals surface area contributed by atoms with Crippen molar-refractivity contribution in [3.63, 3.8) is 0 Å². The maximum Gasteiger partial charge on any atom is 0.222 e. The van der Waals surface area contributed by atoms with E-state index in [2.05, 4.69) is 10.5 Å². The van der Waals surface area contributed by atoms with E-state index in [-0.39, 0.29) is 11.7 Å². The van der Waals surface area contributed by atoms with Crippen LogP contribution < -0.4 is 5.32 Å². The van der Waals surface area contributed by atoms with Gasteiger partial charge in [0.1, 0.15) is 5.84 Å². The largest absolute Gasteiger partial charge is 0.409 e. The summed E-state index contributed by atoms with van der Waals surface area (Å²) in [4.78, 5) is 10.1. The van der Waals surface area contributed by atoms with Crippen molar-refractivity contribution in [3.8, 4) is 0 Å². The Morgan fingerprint density at radius 3 is 2.25 bits per heavy atom. The number of oxime groups is 1. The Labute approximate surface area is 47.2 Å². The molecule has 0 fully saturated rings. The maximum atomic E-state index is 10.1. The monoisotopic (exact) mass is 116 g/mol. The third-order valence-electron chi connectivity index (χ3n) is 0.507. The van der Waals surface area contributed by atoms with Gasteiger partial charge in [0.2, 0.25) is 5.91 Å². The smallest absolute Gasteiger partial charge is 0.222 e. The molecule has 0 rings (SSSR count). The summed E-state index contributed by atoms with van der Waals surface area (Å²) in [6.45, 7) is 2.83. The zero-order valence-corrected chi connectivity index (χ0v) is 4.80. The van der Waals surface area contributed by atoms with Crippen LogP contribution in [0.15, 0.2) is 5.16 Å². The lowest BCUT2D eigenvalue weighted by Crippen LogP contribution is -2.25. The highest BCUT2D eigenvalue weighted by atomic mass is 16.4. The van der Waals surface area contributed by atoms with Gasteiger partial charge in [0.25, 0.3) is 0 Å². The number of amides is 1. The molecule has 0 aromatic rings. The second kappa shape index (κ2) is 3.01. The molecule has 0 aromatic heterocycles. The molecule has 0 saturated carbocycles. The summed E-state index contributed by atoms with van der Waals surface area (Å²) in [7, 11) is 0. The van der Waals surface area contributed by atoms with Gasteiger partial charge in [-0.1, -0.05) is 5.16 Å². The first-order valence-corrected chi connectivity index (χ1v) is 2.13. The van der Waals surface area contributed by atoms with Crippen molar-refractivity contribution in [1.82, 2.24) is 5.32 Å². The molecule has 1 amide bonds. The molecule has 0 spiro atoms. The lowest BCUT2D eigenvalue weighted by Gasteiger charge is -1.93. The Morgan fingerprint density at radius 2 is 2.12 bits per heavy atom. The molecule has 0 saturated heterocycles. The molecule has 0 aromatic carbocycles. The van der Waals surface area contributed by atoms with E-state index in [9.17, 15) is 4.79 Å². The molecule has 8 heavy (non-hydrogen) atoms. The van der Waals surface area contributed by atoms with Crippen LogP contribution >= 0.6 is 0 Å². The Bertz CT molecular complexity index is 119. The molecule has 0 heterocycles. The summed E-state index contributed by atoms with van der Waals surface area (Å²) in [5, 5.41) is 12.9. The van der Waals surface area contributed by atoms with Crippen LogP contribution in [0.4, 0.5) is 0 Å². The lowest BCUT2D eigenvalue weighted by atomic mass is 10.6. The van der Waals surface area contributed by atoms with Crippen molar-refractivity contribution in [2.75, 3.05) is 0 Å². The molecule has 0 bridgehead atoms. The van der Waals surface area contributed by atoms with Gasteiger partial charge >= 0.3 is 0 Å². The van der Waals surface area contributed by atoms with Gasteiger partial charge in [0, 0.05) is 6.92 Å². The summed E-state index contributed by atoms with van der Waals surface area (Å²) in [6.07, 6.45) is 0. The van der Waals surface area contributed by atoms with E-state index >= 15 is 0 Å². The predicted octanol–water partition coefficient (Wildman–Crippen LogP) is -0.0699. The fourth-order valence-electron chi connectivity index (χ4n) is 0.280. The number of hydrogen-bond donors (Lipinski definition) is 2. The summed E-state index contributed by atoms with van der Waals surface area (Å²) in [5.74, 6) is -0.0298. The zero-order chi connectivity index (χ0) is 6.57. The molecule has 4 heteroatoms. The van der Waals surface area contributed by atoms with Crippen LogP contribution in [0.2, 0.25) is 0 Å².